The number of cyclic esters (lactones) is 1. The number of amides is 4. The number of rotatable bonds is 6. The predicted octanol–water partition coefficient (Wildman–Crippen LogP) is 2.79. The maximum Gasteiger partial charge on any atom is 0.407 e. The van der Waals surface area contributed by atoms with Crippen LogP contribution >= 0.6 is 0 Å². The van der Waals surface area contributed by atoms with Gasteiger partial charge in [0.25, 0.3) is 5.91 Å². The van der Waals surface area contributed by atoms with Crippen molar-refractivity contribution in [2.24, 2.45) is 11.3 Å². The summed E-state index contributed by atoms with van der Waals surface area (Å²) in [7, 11) is -3.86. The first-order chi connectivity index (χ1) is 21.7. The van der Waals surface area contributed by atoms with Crippen LogP contribution in [0.25, 0.3) is 6.08 Å². The minimum atomic E-state index is -3.86. The number of hydrogen-bond donors (Lipinski definition) is 3. The molecule has 2 heterocycles. The quantitative estimate of drug-likeness (QED) is 0.394. The number of benzene rings is 1. The Morgan fingerprint density at radius 1 is 1.20 bits per heavy atom. The third kappa shape index (κ3) is 7.63. The highest BCUT2D eigenvalue weighted by Crippen LogP contribution is 2.45. The van der Waals surface area contributed by atoms with Crippen molar-refractivity contribution < 1.29 is 37.1 Å². The smallest absolute Gasteiger partial charge is 0.407 e. The summed E-state index contributed by atoms with van der Waals surface area (Å²) in [5, 5.41) is 4.88. The van der Waals surface area contributed by atoms with E-state index >= 15 is 0 Å². The molecule has 5 rings (SSSR count). The molecule has 0 spiro atoms. The molecule has 4 aliphatic rings. The van der Waals surface area contributed by atoms with Crippen LogP contribution in [0.2, 0.25) is 0 Å². The third-order valence-corrected chi connectivity index (χ3v) is 10.8. The molecule has 1 saturated heterocycles. The normalized spacial score (nSPS) is 29.8. The van der Waals surface area contributed by atoms with Crippen LogP contribution in [0.3, 0.4) is 0 Å². The van der Waals surface area contributed by atoms with Crippen LogP contribution < -0.4 is 15.4 Å². The molecule has 1 aromatic carbocycles. The minimum absolute atomic E-state index is 0.0694. The number of carbonyl (C=O) groups excluding carboxylic acids is 4. The van der Waals surface area contributed by atoms with Gasteiger partial charge in [0.05, 0.1) is 24.6 Å². The molecule has 4 amide bonds. The van der Waals surface area contributed by atoms with E-state index in [2.05, 4.69) is 21.9 Å². The second kappa shape index (κ2) is 13.2. The number of fused-ring (bicyclic) bond motifs is 4. The topological polar surface area (TPSA) is 160 Å². The summed E-state index contributed by atoms with van der Waals surface area (Å²) >= 11 is 0. The number of ether oxygens (including phenoxy) is 2. The molecule has 3 N–H and O–H groups in total. The zero-order valence-electron chi connectivity index (χ0n) is 26.6. The highest BCUT2D eigenvalue weighted by molar-refractivity contribution is 7.91. The van der Waals surface area contributed by atoms with E-state index in [9.17, 15) is 27.6 Å². The maximum atomic E-state index is 14.2. The molecule has 0 aromatic heterocycles. The van der Waals surface area contributed by atoms with Gasteiger partial charge in [-0.05, 0) is 54.7 Å². The number of allylic oxidation sites excluding steroid dienone is 1. The number of alkyl carbamates (subject to hydrolysis) is 1. The Morgan fingerprint density at radius 3 is 2.63 bits per heavy atom. The Hall–Kier alpha value is -3.71. The first kappa shape index (κ1) is 33.6. The molecule has 4 bridgehead atoms. The molecule has 5 atom stereocenters. The second-order valence-corrected chi connectivity index (χ2v) is 15.7. The minimum Gasteiger partial charge on any atom is -0.450 e. The van der Waals surface area contributed by atoms with Crippen LogP contribution in [-0.2, 0) is 40.5 Å². The van der Waals surface area contributed by atoms with Crippen LogP contribution in [0.1, 0.15) is 70.4 Å². The molecule has 1 aromatic rings. The van der Waals surface area contributed by atoms with Gasteiger partial charge < -0.3 is 25.0 Å². The van der Waals surface area contributed by atoms with Crippen LogP contribution in [0.4, 0.5) is 4.79 Å². The summed E-state index contributed by atoms with van der Waals surface area (Å²) in [6.07, 6.45) is 6.81. The predicted molar refractivity (Wildman–Crippen MR) is 170 cm³/mol. The van der Waals surface area contributed by atoms with Gasteiger partial charge in [-0.1, -0.05) is 57.2 Å². The van der Waals surface area contributed by atoms with E-state index in [0.29, 0.717) is 25.7 Å². The third-order valence-electron chi connectivity index (χ3n) is 8.97. The highest BCUT2D eigenvalue weighted by atomic mass is 32.2. The molecule has 3 fully saturated rings. The van der Waals surface area contributed by atoms with Gasteiger partial charge in [0.1, 0.15) is 17.6 Å². The molecule has 2 aliphatic carbocycles. The molecule has 46 heavy (non-hydrogen) atoms. The average molecular weight is 657 g/mol. The Kier molecular flexibility index (Phi) is 9.65. The van der Waals surface area contributed by atoms with Gasteiger partial charge in [-0.25, -0.2) is 13.2 Å². The van der Waals surface area contributed by atoms with Crippen LogP contribution in [0.15, 0.2) is 43.0 Å². The fourth-order valence-electron chi connectivity index (χ4n) is 5.99. The summed E-state index contributed by atoms with van der Waals surface area (Å²) < 4.78 is 38.9. The molecule has 0 unspecified atom stereocenters. The van der Waals surface area contributed by atoms with Crippen molar-refractivity contribution in [1.82, 2.24) is 20.3 Å². The lowest BCUT2D eigenvalue weighted by atomic mass is 9.85. The van der Waals surface area contributed by atoms with Gasteiger partial charge in [0.2, 0.25) is 21.8 Å². The largest absolute Gasteiger partial charge is 0.450 e. The van der Waals surface area contributed by atoms with Crippen molar-refractivity contribution in [2.75, 3.05) is 13.2 Å². The Morgan fingerprint density at radius 2 is 1.96 bits per heavy atom. The molecule has 2 saturated carbocycles. The zero-order valence-corrected chi connectivity index (χ0v) is 27.4. The molecular formula is C33H44N4O8S. The van der Waals surface area contributed by atoms with Gasteiger partial charge >= 0.3 is 6.09 Å². The van der Waals surface area contributed by atoms with Gasteiger partial charge in [0, 0.05) is 18.9 Å². The molecule has 250 valence electrons. The summed E-state index contributed by atoms with van der Waals surface area (Å²) in [5.41, 5.74) is -0.331. The summed E-state index contributed by atoms with van der Waals surface area (Å²) in [6.45, 7) is 9.64. The fraction of sp³-hybridized carbons (Fsp3) is 0.576. The van der Waals surface area contributed by atoms with Crippen molar-refractivity contribution >= 4 is 39.9 Å². The van der Waals surface area contributed by atoms with E-state index in [1.54, 1.807) is 20.8 Å². The zero-order chi connectivity index (χ0) is 33.3. The molecular weight excluding hydrogens is 612 g/mol. The number of nitrogens with zero attached hydrogens (tertiary/aromatic N) is 1. The lowest BCUT2D eigenvalue weighted by Gasteiger charge is -2.35. The summed E-state index contributed by atoms with van der Waals surface area (Å²) in [4.78, 5) is 55.7. The summed E-state index contributed by atoms with van der Waals surface area (Å²) in [5.74, 6) is -2.40. The fourth-order valence-corrected chi connectivity index (χ4v) is 7.35. The molecule has 12 nitrogen and oxygen atoms in total. The first-order valence-corrected chi connectivity index (χ1v) is 17.4. The molecule has 2 aliphatic heterocycles. The SMILES string of the molecule is C=C[C@@H]1C[C@]1(NC(=O)[C@@H]1C[C@@H]2CN1C(=O)[C@H](C(C)(C)C)NC(=O)OCCC/C=C/c1cccc(c1)CO2)C(=O)NS(=O)(=O)C1CC1. The average Bonchev–Trinajstić information content (AvgIpc) is 3.92. The standard InChI is InChI=1S/C33H44N4O8S/c1-5-23-18-33(23,30(40)36-46(42,43)25-13-14-25)35-28(38)26-17-24-19-37(26)29(39)27(32(2,3)4)34-31(41)44-15-8-6-7-10-21-11-9-12-22(16-21)20-45-24/h5,7,9-12,16,23-27H,1,6,8,13-15,17-20H2,2-4H3,(H,34,41)(H,35,38)(H,36,40)/b10-7+/t23-,24-,26+,27-,33-/m1/s1. The van der Waals surface area contributed by atoms with E-state index in [1.165, 1.54) is 11.0 Å². The Balaban J connectivity index is 1.41. The van der Waals surface area contributed by atoms with Crippen molar-refractivity contribution in [3.05, 3.63) is 54.1 Å². The lowest BCUT2D eigenvalue weighted by molar-refractivity contribution is -0.143. The molecule has 0 radical (unpaired) electrons. The van der Waals surface area contributed by atoms with E-state index in [1.807, 2.05) is 36.4 Å². The van der Waals surface area contributed by atoms with Crippen molar-refractivity contribution in [1.29, 1.82) is 0 Å². The van der Waals surface area contributed by atoms with Crippen LogP contribution in [-0.4, -0.2) is 79.3 Å². The van der Waals surface area contributed by atoms with Crippen LogP contribution in [0, 0.1) is 11.3 Å². The van der Waals surface area contributed by atoms with E-state index in [0.717, 1.165) is 11.1 Å². The molecule has 13 heteroatoms. The van der Waals surface area contributed by atoms with E-state index in [4.69, 9.17) is 9.47 Å². The summed E-state index contributed by atoms with van der Waals surface area (Å²) in [6, 6.07) is 5.76. The van der Waals surface area contributed by atoms with Gasteiger partial charge in [-0.15, -0.1) is 6.58 Å². The van der Waals surface area contributed by atoms with E-state index < -0.39 is 74.1 Å². The number of hydrogen-bond acceptors (Lipinski definition) is 8. The van der Waals surface area contributed by atoms with Crippen LogP contribution in [0.5, 0.6) is 0 Å². The Labute approximate surface area is 270 Å². The Bertz CT molecular complexity index is 1520. The van der Waals surface area contributed by atoms with Crippen molar-refractivity contribution in [3.63, 3.8) is 0 Å². The number of sulfonamides is 1. The first-order valence-electron chi connectivity index (χ1n) is 15.8. The highest BCUT2D eigenvalue weighted by Gasteiger charge is 2.62. The maximum absolute atomic E-state index is 14.2. The van der Waals surface area contributed by atoms with Crippen molar-refractivity contribution in [3.8, 4) is 0 Å². The van der Waals surface area contributed by atoms with Gasteiger partial charge in [-0.2, -0.15) is 0 Å². The number of carbonyl (C=O) groups is 4. The lowest BCUT2D eigenvalue weighted by Crippen LogP contribution is -2.60. The van der Waals surface area contributed by atoms with Gasteiger partial charge in [0.15, 0.2) is 0 Å². The number of nitrogens with one attached hydrogen (secondary N) is 3. The monoisotopic (exact) mass is 656 g/mol. The van der Waals surface area contributed by atoms with E-state index in [-0.39, 0.29) is 32.6 Å². The second-order valence-electron chi connectivity index (χ2n) is 13.7. The van der Waals surface area contributed by atoms with Crippen molar-refractivity contribution in [2.45, 2.75) is 94.9 Å². The van der Waals surface area contributed by atoms with Gasteiger partial charge in [-0.3, -0.25) is 19.1 Å².